The number of ether oxygens (including phenoxy) is 1. The van der Waals surface area contributed by atoms with E-state index in [0.717, 1.165) is 38.5 Å². The van der Waals surface area contributed by atoms with Gasteiger partial charge in [-0.15, -0.1) is 0 Å². The van der Waals surface area contributed by atoms with Crippen molar-refractivity contribution in [1.29, 1.82) is 0 Å². The van der Waals surface area contributed by atoms with Crippen molar-refractivity contribution in [1.82, 2.24) is 19.4 Å². The molecule has 0 radical (unpaired) electrons. The molecule has 188 valence electrons. The molecular formula is C26H34N4O5. The molecule has 1 aromatic carbocycles. The molecule has 2 saturated carbocycles. The van der Waals surface area contributed by atoms with E-state index in [4.69, 9.17) is 4.74 Å². The summed E-state index contributed by atoms with van der Waals surface area (Å²) in [7, 11) is 1.54. The molecule has 1 N–H and O–H groups in total. The molecule has 0 bridgehead atoms. The number of H-pyrrole nitrogens is 1. The minimum absolute atomic E-state index is 0.0278. The first kappa shape index (κ1) is 23.6. The highest BCUT2D eigenvalue weighted by molar-refractivity contribution is 5.83. The number of carbonyl (C=O) groups is 2. The highest BCUT2D eigenvalue weighted by Crippen LogP contribution is 2.34. The Balaban J connectivity index is 1.19. The van der Waals surface area contributed by atoms with Crippen LogP contribution in [0.1, 0.15) is 45.4 Å². The third kappa shape index (κ3) is 4.73. The Bertz CT molecular complexity index is 1240. The second kappa shape index (κ2) is 9.51. The summed E-state index contributed by atoms with van der Waals surface area (Å²) in [6, 6.07) is 5.10. The Hall–Kier alpha value is -3.10. The first-order valence-electron chi connectivity index (χ1n) is 12.8. The molecular weight excluding hydrogens is 448 g/mol. The van der Waals surface area contributed by atoms with Gasteiger partial charge in [-0.1, -0.05) is 0 Å². The van der Waals surface area contributed by atoms with Crippen LogP contribution >= 0.6 is 0 Å². The van der Waals surface area contributed by atoms with Crippen molar-refractivity contribution in [3.05, 3.63) is 39.0 Å². The van der Waals surface area contributed by atoms with Gasteiger partial charge >= 0.3 is 5.69 Å². The largest absolute Gasteiger partial charge is 0.497 e. The maximum Gasteiger partial charge on any atom is 0.328 e. The number of hydrogen-bond acceptors (Lipinski definition) is 5. The summed E-state index contributed by atoms with van der Waals surface area (Å²) >= 11 is 0. The monoisotopic (exact) mass is 482 g/mol. The van der Waals surface area contributed by atoms with Gasteiger partial charge in [0.15, 0.2) is 0 Å². The Morgan fingerprint density at radius 2 is 1.69 bits per heavy atom. The van der Waals surface area contributed by atoms with Crippen LogP contribution in [0.4, 0.5) is 0 Å². The Kier molecular flexibility index (Phi) is 6.42. The van der Waals surface area contributed by atoms with Crippen molar-refractivity contribution in [3.8, 4) is 5.75 Å². The van der Waals surface area contributed by atoms with Crippen molar-refractivity contribution >= 4 is 22.7 Å². The van der Waals surface area contributed by atoms with Gasteiger partial charge < -0.3 is 19.5 Å². The molecule has 2 aliphatic carbocycles. The Labute approximate surface area is 204 Å². The van der Waals surface area contributed by atoms with Crippen molar-refractivity contribution in [2.24, 2.45) is 17.8 Å². The van der Waals surface area contributed by atoms with E-state index in [-0.39, 0.29) is 41.2 Å². The van der Waals surface area contributed by atoms with Crippen LogP contribution in [0.5, 0.6) is 5.75 Å². The van der Waals surface area contributed by atoms with E-state index < -0.39 is 5.69 Å². The standard InChI is InChI=1S/C26H34N4O5/c1-16-14-28(11-12-29(16)24(32)19-7-8-19)23(31)18-5-3-17(4-6-18)15-30-25(33)21-13-20(35-2)9-10-22(21)27-26(30)34/h9-10,13,16-19H,3-8,11-12,14-15H2,1-2H3,(H,27,34)/t16-,17-,18-/m0/s1. The first-order chi connectivity index (χ1) is 16.9. The lowest BCUT2D eigenvalue weighted by molar-refractivity contribution is -0.146. The summed E-state index contributed by atoms with van der Waals surface area (Å²) < 4.78 is 6.51. The highest BCUT2D eigenvalue weighted by Gasteiger charge is 2.39. The summed E-state index contributed by atoms with van der Waals surface area (Å²) in [6.45, 7) is 4.21. The van der Waals surface area contributed by atoms with E-state index in [1.165, 1.54) is 4.57 Å². The van der Waals surface area contributed by atoms with Crippen LogP contribution in [0.25, 0.3) is 10.9 Å². The molecule has 3 fully saturated rings. The lowest BCUT2D eigenvalue weighted by Gasteiger charge is -2.42. The number of methoxy groups -OCH3 is 1. The molecule has 2 amide bonds. The zero-order valence-electron chi connectivity index (χ0n) is 20.5. The molecule has 9 nitrogen and oxygen atoms in total. The number of piperazine rings is 1. The molecule has 2 aromatic rings. The summed E-state index contributed by atoms with van der Waals surface area (Å²) in [5.41, 5.74) is -0.216. The predicted octanol–water partition coefficient (Wildman–Crippen LogP) is 1.97. The van der Waals surface area contributed by atoms with Crippen molar-refractivity contribution in [3.63, 3.8) is 0 Å². The number of aromatic nitrogens is 2. The lowest BCUT2D eigenvalue weighted by atomic mass is 9.81. The van der Waals surface area contributed by atoms with E-state index in [1.54, 1.807) is 25.3 Å². The van der Waals surface area contributed by atoms with Crippen LogP contribution in [-0.2, 0) is 16.1 Å². The van der Waals surface area contributed by atoms with Crippen LogP contribution in [0.3, 0.4) is 0 Å². The van der Waals surface area contributed by atoms with Crippen molar-refractivity contribution in [2.45, 2.75) is 58.0 Å². The minimum Gasteiger partial charge on any atom is -0.497 e. The van der Waals surface area contributed by atoms with E-state index >= 15 is 0 Å². The van der Waals surface area contributed by atoms with Crippen LogP contribution in [0, 0.1) is 17.8 Å². The molecule has 3 aliphatic rings. The van der Waals surface area contributed by atoms with Gasteiger partial charge in [-0.3, -0.25) is 19.0 Å². The second-order valence-corrected chi connectivity index (χ2v) is 10.4. The molecule has 5 rings (SSSR count). The zero-order chi connectivity index (χ0) is 24.7. The van der Waals surface area contributed by atoms with Crippen molar-refractivity contribution < 1.29 is 14.3 Å². The number of amides is 2. The van der Waals surface area contributed by atoms with Crippen LogP contribution in [-0.4, -0.2) is 64.0 Å². The van der Waals surface area contributed by atoms with Crippen LogP contribution in [0.15, 0.2) is 27.8 Å². The topological polar surface area (TPSA) is 105 Å². The smallest absolute Gasteiger partial charge is 0.328 e. The Morgan fingerprint density at radius 1 is 1.00 bits per heavy atom. The van der Waals surface area contributed by atoms with Gasteiger partial charge in [-0.2, -0.15) is 0 Å². The number of fused-ring (bicyclic) bond motifs is 1. The predicted molar refractivity (Wildman–Crippen MR) is 131 cm³/mol. The van der Waals surface area contributed by atoms with Gasteiger partial charge in [0, 0.05) is 44.1 Å². The summed E-state index contributed by atoms with van der Waals surface area (Å²) in [6.07, 6.45) is 5.11. The molecule has 35 heavy (non-hydrogen) atoms. The fourth-order valence-electron chi connectivity index (χ4n) is 5.68. The summed E-state index contributed by atoms with van der Waals surface area (Å²) in [5, 5.41) is 0.432. The van der Waals surface area contributed by atoms with Gasteiger partial charge in [-0.05, 0) is 69.6 Å². The number of nitrogens with one attached hydrogen (secondary N) is 1. The number of carbonyl (C=O) groups excluding carboxylic acids is 2. The molecule has 1 aliphatic heterocycles. The van der Waals surface area contributed by atoms with E-state index in [1.807, 2.05) is 16.7 Å². The molecule has 1 saturated heterocycles. The van der Waals surface area contributed by atoms with Gasteiger partial charge in [-0.25, -0.2) is 4.79 Å². The fourth-order valence-corrected chi connectivity index (χ4v) is 5.68. The lowest BCUT2D eigenvalue weighted by Crippen LogP contribution is -2.57. The van der Waals surface area contributed by atoms with Crippen LogP contribution in [0.2, 0.25) is 0 Å². The number of aromatic amines is 1. The van der Waals surface area contributed by atoms with E-state index in [0.29, 0.717) is 42.8 Å². The van der Waals surface area contributed by atoms with Gasteiger partial charge in [0.2, 0.25) is 11.8 Å². The summed E-state index contributed by atoms with van der Waals surface area (Å²) in [4.78, 5) is 58.0. The second-order valence-electron chi connectivity index (χ2n) is 10.4. The average molecular weight is 483 g/mol. The van der Waals surface area contributed by atoms with E-state index in [9.17, 15) is 19.2 Å². The fraction of sp³-hybridized carbons (Fsp3) is 0.615. The Morgan fingerprint density at radius 3 is 2.34 bits per heavy atom. The van der Waals surface area contributed by atoms with Crippen LogP contribution < -0.4 is 16.0 Å². The maximum atomic E-state index is 13.2. The maximum absolute atomic E-state index is 13.2. The molecule has 2 heterocycles. The zero-order valence-corrected chi connectivity index (χ0v) is 20.5. The third-order valence-corrected chi connectivity index (χ3v) is 7.97. The van der Waals surface area contributed by atoms with E-state index in [2.05, 4.69) is 4.98 Å². The van der Waals surface area contributed by atoms with Crippen molar-refractivity contribution in [2.75, 3.05) is 26.7 Å². The van der Waals surface area contributed by atoms with Gasteiger partial charge in [0.1, 0.15) is 5.75 Å². The number of benzene rings is 1. The first-order valence-corrected chi connectivity index (χ1v) is 12.8. The molecule has 0 unspecified atom stereocenters. The molecule has 1 aromatic heterocycles. The quantitative estimate of drug-likeness (QED) is 0.702. The number of hydrogen-bond donors (Lipinski definition) is 1. The third-order valence-electron chi connectivity index (χ3n) is 7.97. The normalized spacial score (nSPS) is 25.0. The summed E-state index contributed by atoms with van der Waals surface area (Å²) in [5.74, 6) is 1.36. The number of rotatable bonds is 5. The van der Waals surface area contributed by atoms with Gasteiger partial charge in [0.05, 0.1) is 18.0 Å². The number of nitrogens with zero attached hydrogens (tertiary/aromatic N) is 3. The highest BCUT2D eigenvalue weighted by atomic mass is 16.5. The molecule has 9 heteroatoms. The average Bonchev–Trinajstić information content (AvgIpc) is 3.71. The molecule has 0 spiro atoms. The minimum atomic E-state index is -0.404. The SMILES string of the molecule is COc1ccc2[nH]c(=O)n(C[C@H]3CC[C@H](C(=O)N4CCN(C(=O)C5CC5)[C@@H](C)C4)CC3)c(=O)c2c1. The molecule has 1 atom stereocenters. The van der Waals surface area contributed by atoms with Gasteiger partial charge in [0.25, 0.3) is 5.56 Å².